The van der Waals surface area contributed by atoms with Crippen LogP contribution >= 0.6 is 0 Å². The van der Waals surface area contributed by atoms with Crippen LogP contribution < -0.4 is 10.1 Å². The van der Waals surface area contributed by atoms with Gasteiger partial charge in [0.15, 0.2) is 5.78 Å². The second-order valence-electron chi connectivity index (χ2n) is 6.56. The van der Waals surface area contributed by atoms with Crippen molar-refractivity contribution in [3.8, 4) is 5.75 Å². The maximum atomic E-state index is 12.6. The highest BCUT2D eigenvalue weighted by atomic mass is 16.6. The maximum Gasteiger partial charge on any atom is 0.293 e. The van der Waals surface area contributed by atoms with Crippen molar-refractivity contribution in [3.63, 3.8) is 0 Å². The first-order valence-corrected chi connectivity index (χ1v) is 9.00. The molecule has 28 heavy (non-hydrogen) atoms. The number of nitrogens with zero attached hydrogens (tertiary/aromatic N) is 1. The first kappa shape index (κ1) is 17.7. The zero-order chi connectivity index (χ0) is 19.5. The molecule has 1 aliphatic rings. The topological polar surface area (TPSA) is 81.5 Å². The molecule has 0 saturated carbocycles. The van der Waals surface area contributed by atoms with E-state index < -0.39 is 4.92 Å². The summed E-state index contributed by atoms with van der Waals surface area (Å²) in [6, 6.07) is 20.8. The Bertz CT molecular complexity index is 1030. The predicted octanol–water partition coefficient (Wildman–Crippen LogP) is 4.76. The SMILES string of the molecule is O=C(c1ccccc1)c1ccc(NC2CCOc3ccccc32)c([N+](=O)[O-])c1. The molecule has 0 aliphatic carbocycles. The summed E-state index contributed by atoms with van der Waals surface area (Å²) in [7, 11) is 0. The molecule has 140 valence electrons. The zero-order valence-corrected chi connectivity index (χ0v) is 15.0. The second-order valence-corrected chi connectivity index (χ2v) is 6.56. The third kappa shape index (κ3) is 3.44. The molecule has 0 spiro atoms. The van der Waals surface area contributed by atoms with E-state index in [-0.39, 0.29) is 23.1 Å². The van der Waals surface area contributed by atoms with Crippen LogP contribution in [0.3, 0.4) is 0 Å². The standard InChI is InChI=1S/C22H18N2O4/c25-22(15-6-2-1-3-7-15)16-10-11-19(20(14-16)24(26)27)23-18-12-13-28-21-9-5-4-8-17(18)21/h1-11,14,18,23H,12-13H2. The summed E-state index contributed by atoms with van der Waals surface area (Å²) < 4.78 is 5.65. The lowest BCUT2D eigenvalue weighted by Gasteiger charge is -2.27. The number of carbonyl (C=O) groups is 1. The van der Waals surface area contributed by atoms with Gasteiger partial charge in [-0.3, -0.25) is 14.9 Å². The van der Waals surface area contributed by atoms with Gasteiger partial charge in [-0.05, 0) is 18.2 Å². The Hall–Kier alpha value is -3.67. The van der Waals surface area contributed by atoms with Crippen molar-refractivity contribution in [2.45, 2.75) is 12.5 Å². The summed E-state index contributed by atoms with van der Waals surface area (Å²) in [6.45, 7) is 0.535. The van der Waals surface area contributed by atoms with E-state index in [1.54, 1.807) is 36.4 Å². The number of rotatable bonds is 5. The van der Waals surface area contributed by atoms with Gasteiger partial charge >= 0.3 is 0 Å². The molecule has 0 aromatic heterocycles. The van der Waals surface area contributed by atoms with Crippen molar-refractivity contribution >= 4 is 17.2 Å². The number of para-hydroxylation sites is 1. The molecule has 0 amide bonds. The number of nitro groups is 1. The van der Waals surface area contributed by atoms with Crippen LogP contribution in [-0.4, -0.2) is 17.3 Å². The van der Waals surface area contributed by atoms with Crippen molar-refractivity contribution in [3.05, 3.63) is 99.6 Å². The minimum Gasteiger partial charge on any atom is -0.493 e. The minimum atomic E-state index is -0.463. The van der Waals surface area contributed by atoms with Gasteiger partial charge in [-0.25, -0.2) is 0 Å². The van der Waals surface area contributed by atoms with E-state index in [2.05, 4.69) is 5.32 Å². The van der Waals surface area contributed by atoms with Gasteiger partial charge < -0.3 is 10.1 Å². The third-order valence-corrected chi connectivity index (χ3v) is 4.78. The Morgan fingerprint density at radius 2 is 1.75 bits per heavy atom. The first-order chi connectivity index (χ1) is 13.6. The van der Waals surface area contributed by atoms with E-state index in [0.29, 0.717) is 24.3 Å². The van der Waals surface area contributed by atoms with Crippen LogP contribution in [0.1, 0.15) is 33.9 Å². The highest BCUT2D eigenvalue weighted by Gasteiger charge is 2.25. The quantitative estimate of drug-likeness (QED) is 0.395. The fourth-order valence-electron chi connectivity index (χ4n) is 3.38. The number of benzene rings is 3. The minimum absolute atomic E-state index is 0.0978. The van der Waals surface area contributed by atoms with Crippen LogP contribution in [0.5, 0.6) is 5.75 Å². The number of nitrogens with one attached hydrogen (secondary N) is 1. The molecule has 3 aromatic carbocycles. The van der Waals surface area contributed by atoms with Gasteiger partial charge in [0, 0.05) is 29.2 Å². The van der Waals surface area contributed by atoms with Crippen LogP contribution in [0, 0.1) is 10.1 Å². The summed E-state index contributed by atoms with van der Waals surface area (Å²) in [6.07, 6.45) is 0.693. The molecule has 0 fully saturated rings. The molecule has 4 rings (SSSR count). The number of fused-ring (bicyclic) bond motifs is 1. The lowest BCUT2D eigenvalue weighted by atomic mass is 9.99. The zero-order valence-electron chi connectivity index (χ0n) is 15.0. The number of hydrogen-bond donors (Lipinski definition) is 1. The fourth-order valence-corrected chi connectivity index (χ4v) is 3.38. The highest BCUT2D eigenvalue weighted by Crippen LogP contribution is 2.36. The van der Waals surface area contributed by atoms with E-state index >= 15 is 0 Å². The molecule has 3 aromatic rings. The van der Waals surface area contributed by atoms with Crippen molar-refractivity contribution in [2.24, 2.45) is 0 Å². The summed E-state index contributed by atoms with van der Waals surface area (Å²) in [4.78, 5) is 23.8. The van der Waals surface area contributed by atoms with Crippen LogP contribution in [0.25, 0.3) is 0 Å². The van der Waals surface area contributed by atoms with E-state index in [1.807, 2.05) is 30.3 Å². The van der Waals surface area contributed by atoms with Crippen LogP contribution in [0.4, 0.5) is 11.4 Å². The number of anilines is 1. The van der Waals surface area contributed by atoms with Crippen LogP contribution in [0.2, 0.25) is 0 Å². The van der Waals surface area contributed by atoms with Crippen LogP contribution in [-0.2, 0) is 0 Å². The lowest BCUT2D eigenvalue weighted by Crippen LogP contribution is -2.20. The molecule has 1 N–H and O–H groups in total. The monoisotopic (exact) mass is 374 g/mol. The molecular formula is C22H18N2O4. The molecule has 0 saturated heterocycles. The molecular weight excluding hydrogens is 356 g/mol. The largest absolute Gasteiger partial charge is 0.493 e. The van der Waals surface area contributed by atoms with Crippen molar-refractivity contribution < 1.29 is 14.5 Å². The average molecular weight is 374 g/mol. The van der Waals surface area contributed by atoms with Gasteiger partial charge in [0.2, 0.25) is 0 Å². The first-order valence-electron chi connectivity index (χ1n) is 9.00. The van der Waals surface area contributed by atoms with E-state index in [0.717, 1.165) is 11.3 Å². The molecule has 1 heterocycles. The number of ether oxygens (including phenoxy) is 1. The molecule has 1 aliphatic heterocycles. The van der Waals surface area contributed by atoms with Gasteiger partial charge in [0.05, 0.1) is 17.6 Å². The number of nitro benzene ring substituents is 1. The normalized spacial score (nSPS) is 15.2. The number of carbonyl (C=O) groups excluding carboxylic acids is 1. The summed E-state index contributed by atoms with van der Waals surface area (Å²) in [5.74, 6) is 0.538. The number of ketones is 1. The Kier molecular flexibility index (Phi) is 4.76. The Morgan fingerprint density at radius 3 is 2.54 bits per heavy atom. The summed E-state index contributed by atoms with van der Waals surface area (Å²) >= 11 is 0. The smallest absolute Gasteiger partial charge is 0.293 e. The van der Waals surface area contributed by atoms with Gasteiger partial charge in [0.25, 0.3) is 5.69 Å². The van der Waals surface area contributed by atoms with E-state index in [1.165, 1.54) is 6.07 Å². The van der Waals surface area contributed by atoms with Gasteiger partial charge in [-0.15, -0.1) is 0 Å². The lowest BCUT2D eigenvalue weighted by molar-refractivity contribution is -0.384. The van der Waals surface area contributed by atoms with E-state index in [4.69, 9.17) is 4.74 Å². The molecule has 1 unspecified atom stereocenters. The Labute approximate surface area is 161 Å². The molecule has 0 bridgehead atoms. The van der Waals surface area contributed by atoms with E-state index in [9.17, 15) is 14.9 Å². The highest BCUT2D eigenvalue weighted by molar-refractivity contribution is 6.09. The summed E-state index contributed by atoms with van der Waals surface area (Å²) in [5.41, 5.74) is 2.02. The number of hydrogen-bond acceptors (Lipinski definition) is 5. The predicted molar refractivity (Wildman–Crippen MR) is 106 cm³/mol. The molecule has 6 nitrogen and oxygen atoms in total. The molecule has 6 heteroatoms. The van der Waals surface area contributed by atoms with Crippen molar-refractivity contribution in [2.75, 3.05) is 11.9 Å². The Balaban J connectivity index is 1.65. The van der Waals surface area contributed by atoms with Crippen LogP contribution in [0.15, 0.2) is 72.8 Å². The van der Waals surface area contributed by atoms with Gasteiger partial charge in [-0.2, -0.15) is 0 Å². The van der Waals surface area contributed by atoms with Gasteiger partial charge in [-0.1, -0.05) is 48.5 Å². The van der Waals surface area contributed by atoms with Crippen molar-refractivity contribution in [1.82, 2.24) is 0 Å². The Morgan fingerprint density at radius 1 is 1.00 bits per heavy atom. The maximum absolute atomic E-state index is 12.6. The second kappa shape index (κ2) is 7.52. The van der Waals surface area contributed by atoms with Gasteiger partial charge in [0.1, 0.15) is 11.4 Å². The molecule has 1 atom stereocenters. The summed E-state index contributed by atoms with van der Waals surface area (Å²) in [5, 5.41) is 14.9. The third-order valence-electron chi connectivity index (χ3n) is 4.78. The average Bonchev–Trinajstić information content (AvgIpc) is 2.74. The van der Waals surface area contributed by atoms with Crippen molar-refractivity contribution in [1.29, 1.82) is 0 Å². The molecule has 0 radical (unpaired) electrons. The fraction of sp³-hybridized carbons (Fsp3) is 0.136.